The van der Waals surface area contributed by atoms with Crippen molar-refractivity contribution in [2.45, 2.75) is 20.0 Å². The van der Waals surface area contributed by atoms with Crippen LogP contribution in [0.15, 0.2) is 30.4 Å². The summed E-state index contributed by atoms with van der Waals surface area (Å²) in [5.41, 5.74) is 1.12. The normalized spacial score (nSPS) is 11.9. The minimum atomic E-state index is -0.425. The van der Waals surface area contributed by atoms with Gasteiger partial charge in [0.15, 0.2) is 0 Å². The molecule has 0 fully saturated rings. The highest BCUT2D eigenvalue weighted by atomic mass is 127. The van der Waals surface area contributed by atoms with Crippen LogP contribution in [0.5, 0.6) is 5.75 Å². The van der Waals surface area contributed by atoms with Gasteiger partial charge in [-0.25, -0.2) is 4.79 Å². The lowest BCUT2D eigenvalue weighted by Crippen LogP contribution is -2.09. The Labute approximate surface area is 108 Å². The fourth-order valence-corrected chi connectivity index (χ4v) is 1.45. The molecule has 0 amide bonds. The van der Waals surface area contributed by atoms with Gasteiger partial charge in [0.05, 0.1) is 3.57 Å². The Kier molecular flexibility index (Phi) is 4.35. The van der Waals surface area contributed by atoms with Gasteiger partial charge in [-0.3, -0.25) is 0 Å². The number of ether oxygens (including phenoxy) is 1. The van der Waals surface area contributed by atoms with Gasteiger partial charge in [0.1, 0.15) is 11.9 Å². The standard InChI is InChI=1S/C12H13IO3/c1-7(2)12(15)16-8(3)9-4-5-10(13)11(14)6-9/h4-6,8,14H,1H2,2-3H3. The Morgan fingerprint density at radius 1 is 1.56 bits per heavy atom. The van der Waals surface area contributed by atoms with Crippen LogP contribution in [-0.4, -0.2) is 11.1 Å². The summed E-state index contributed by atoms with van der Waals surface area (Å²) < 4.78 is 5.90. The van der Waals surface area contributed by atoms with E-state index >= 15 is 0 Å². The molecule has 0 aliphatic heterocycles. The molecule has 0 saturated carbocycles. The predicted octanol–water partition coefficient (Wildman–Crippen LogP) is 3.18. The molecule has 0 saturated heterocycles. The number of phenolic OH excluding ortho intramolecular Hbond substituents is 1. The molecular formula is C12H13IO3. The molecule has 4 heteroatoms. The van der Waals surface area contributed by atoms with Gasteiger partial charge in [-0.2, -0.15) is 0 Å². The molecule has 0 aromatic heterocycles. The van der Waals surface area contributed by atoms with Crippen LogP contribution in [0, 0.1) is 3.57 Å². The lowest BCUT2D eigenvalue weighted by Gasteiger charge is -2.14. The van der Waals surface area contributed by atoms with Crippen LogP contribution in [0.25, 0.3) is 0 Å². The zero-order valence-electron chi connectivity index (χ0n) is 9.16. The third-order valence-electron chi connectivity index (χ3n) is 2.07. The number of hydrogen-bond donors (Lipinski definition) is 1. The molecule has 1 N–H and O–H groups in total. The van der Waals surface area contributed by atoms with E-state index in [1.54, 1.807) is 26.0 Å². The maximum absolute atomic E-state index is 11.3. The molecule has 0 radical (unpaired) electrons. The first-order chi connectivity index (χ1) is 7.41. The highest BCUT2D eigenvalue weighted by molar-refractivity contribution is 14.1. The van der Waals surface area contributed by atoms with Crippen LogP contribution in [0.4, 0.5) is 0 Å². The number of halogens is 1. The summed E-state index contributed by atoms with van der Waals surface area (Å²) in [5, 5.41) is 9.53. The molecule has 1 aromatic rings. The lowest BCUT2D eigenvalue weighted by atomic mass is 10.1. The number of aromatic hydroxyl groups is 1. The smallest absolute Gasteiger partial charge is 0.333 e. The maximum Gasteiger partial charge on any atom is 0.333 e. The van der Waals surface area contributed by atoms with Crippen LogP contribution in [0.2, 0.25) is 0 Å². The minimum Gasteiger partial charge on any atom is -0.507 e. The Morgan fingerprint density at radius 3 is 2.69 bits per heavy atom. The molecule has 0 aliphatic carbocycles. The number of phenols is 1. The van der Waals surface area contributed by atoms with Crippen LogP contribution >= 0.6 is 22.6 Å². The van der Waals surface area contributed by atoms with E-state index in [-0.39, 0.29) is 5.75 Å². The zero-order chi connectivity index (χ0) is 12.3. The first kappa shape index (κ1) is 13.0. The molecule has 0 heterocycles. The molecule has 0 bridgehead atoms. The second-order valence-electron chi connectivity index (χ2n) is 3.54. The number of rotatable bonds is 3. The van der Waals surface area contributed by atoms with Gasteiger partial charge in [-0.15, -0.1) is 0 Å². The fourth-order valence-electron chi connectivity index (χ4n) is 1.11. The molecular weight excluding hydrogens is 319 g/mol. The van der Waals surface area contributed by atoms with Gasteiger partial charge < -0.3 is 9.84 Å². The van der Waals surface area contributed by atoms with Crippen LogP contribution in [0.1, 0.15) is 25.5 Å². The van der Waals surface area contributed by atoms with E-state index in [0.717, 1.165) is 9.13 Å². The van der Waals surface area contributed by atoms with Crippen molar-refractivity contribution >= 4 is 28.6 Å². The number of carbonyl (C=O) groups is 1. The van der Waals surface area contributed by atoms with Crippen molar-refractivity contribution in [2.24, 2.45) is 0 Å². The quantitative estimate of drug-likeness (QED) is 0.525. The second kappa shape index (κ2) is 5.34. The Balaban J connectivity index is 2.81. The van der Waals surface area contributed by atoms with Crippen LogP contribution in [-0.2, 0) is 9.53 Å². The van der Waals surface area contributed by atoms with Crippen molar-refractivity contribution in [2.75, 3.05) is 0 Å². The summed E-state index contributed by atoms with van der Waals surface area (Å²) in [6.45, 7) is 6.86. The van der Waals surface area contributed by atoms with Gasteiger partial charge in [0.25, 0.3) is 0 Å². The number of benzene rings is 1. The first-order valence-electron chi connectivity index (χ1n) is 4.76. The average Bonchev–Trinajstić information content (AvgIpc) is 2.21. The fraction of sp³-hybridized carbons (Fsp3) is 0.250. The van der Waals surface area contributed by atoms with Gasteiger partial charge in [0, 0.05) is 5.57 Å². The lowest BCUT2D eigenvalue weighted by molar-refractivity contribution is -0.143. The molecule has 1 unspecified atom stereocenters. The summed E-state index contributed by atoms with van der Waals surface area (Å²) >= 11 is 2.03. The molecule has 16 heavy (non-hydrogen) atoms. The summed E-state index contributed by atoms with van der Waals surface area (Å²) in [5.74, 6) is -0.234. The van der Waals surface area contributed by atoms with E-state index in [1.807, 2.05) is 28.7 Å². The molecule has 1 aromatic carbocycles. The SMILES string of the molecule is C=C(C)C(=O)OC(C)c1ccc(I)c(O)c1. The molecule has 0 aliphatic rings. The predicted molar refractivity (Wildman–Crippen MR) is 70.1 cm³/mol. The first-order valence-corrected chi connectivity index (χ1v) is 5.84. The van der Waals surface area contributed by atoms with E-state index in [9.17, 15) is 9.90 Å². The Morgan fingerprint density at radius 2 is 2.19 bits per heavy atom. The third kappa shape index (κ3) is 3.23. The molecule has 3 nitrogen and oxygen atoms in total. The largest absolute Gasteiger partial charge is 0.507 e. The minimum absolute atomic E-state index is 0.191. The number of hydrogen-bond acceptors (Lipinski definition) is 3. The Bertz CT molecular complexity index is 426. The van der Waals surface area contributed by atoms with Crippen LogP contribution in [0.3, 0.4) is 0 Å². The monoisotopic (exact) mass is 332 g/mol. The summed E-state index contributed by atoms with van der Waals surface area (Å²) in [7, 11) is 0. The van der Waals surface area contributed by atoms with E-state index in [2.05, 4.69) is 6.58 Å². The van der Waals surface area contributed by atoms with Gasteiger partial charge in [0.2, 0.25) is 0 Å². The topological polar surface area (TPSA) is 46.5 Å². The summed E-state index contributed by atoms with van der Waals surface area (Å²) in [4.78, 5) is 11.3. The van der Waals surface area contributed by atoms with Crippen LogP contribution < -0.4 is 0 Å². The van der Waals surface area contributed by atoms with Crippen molar-refractivity contribution in [3.63, 3.8) is 0 Å². The van der Waals surface area contributed by atoms with Crippen molar-refractivity contribution < 1.29 is 14.6 Å². The van der Waals surface area contributed by atoms with E-state index in [4.69, 9.17) is 4.74 Å². The van der Waals surface area contributed by atoms with E-state index < -0.39 is 12.1 Å². The number of esters is 1. The van der Waals surface area contributed by atoms with Gasteiger partial charge in [-0.1, -0.05) is 12.6 Å². The second-order valence-corrected chi connectivity index (χ2v) is 4.70. The van der Waals surface area contributed by atoms with E-state index in [1.165, 1.54) is 0 Å². The summed E-state index contributed by atoms with van der Waals surface area (Å²) in [6.07, 6.45) is -0.396. The number of carbonyl (C=O) groups excluding carboxylic acids is 1. The maximum atomic E-state index is 11.3. The van der Waals surface area contributed by atoms with Gasteiger partial charge in [-0.05, 0) is 54.1 Å². The van der Waals surface area contributed by atoms with Crippen molar-refractivity contribution in [1.82, 2.24) is 0 Å². The molecule has 0 spiro atoms. The van der Waals surface area contributed by atoms with Gasteiger partial charge >= 0.3 is 5.97 Å². The zero-order valence-corrected chi connectivity index (χ0v) is 11.3. The molecule has 1 atom stereocenters. The summed E-state index contributed by atoms with van der Waals surface area (Å²) in [6, 6.07) is 5.19. The van der Waals surface area contributed by atoms with E-state index in [0.29, 0.717) is 5.57 Å². The highest BCUT2D eigenvalue weighted by Gasteiger charge is 2.13. The molecule has 86 valence electrons. The highest BCUT2D eigenvalue weighted by Crippen LogP contribution is 2.26. The third-order valence-corrected chi connectivity index (χ3v) is 2.98. The Hall–Kier alpha value is -1.04. The van der Waals surface area contributed by atoms with Crippen molar-refractivity contribution in [3.8, 4) is 5.75 Å². The van der Waals surface area contributed by atoms with Crippen molar-refractivity contribution in [3.05, 3.63) is 39.5 Å². The van der Waals surface area contributed by atoms with Crippen molar-refractivity contribution in [1.29, 1.82) is 0 Å². The molecule has 1 rings (SSSR count). The average molecular weight is 332 g/mol.